The average Bonchev–Trinajstić information content (AvgIpc) is 2.74. The maximum Gasteiger partial charge on any atom is 0.157 e. The minimum absolute atomic E-state index is 0.0788. The van der Waals surface area contributed by atoms with Gasteiger partial charge in [-0.15, -0.1) is 0 Å². The van der Waals surface area contributed by atoms with E-state index in [9.17, 15) is 4.79 Å². The zero-order valence-electron chi connectivity index (χ0n) is 16.0. The Hall–Kier alpha value is -1.47. The van der Waals surface area contributed by atoms with E-state index in [0.717, 1.165) is 76.8 Å². The van der Waals surface area contributed by atoms with Gasteiger partial charge in [-0.1, -0.05) is 0 Å². The molecule has 2 saturated heterocycles. The molecule has 2 aliphatic heterocycles. The zero-order valence-corrected chi connectivity index (χ0v) is 16.0. The predicted molar refractivity (Wildman–Crippen MR) is 103 cm³/mol. The molecule has 150 valence electrons. The Bertz CT molecular complexity index is 514. The van der Waals surface area contributed by atoms with Crippen molar-refractivity contribution < 1.29 is 23.7 Å². The third kappa shape index (κ3) is 6.88. The molecule has 2 heterocycles. The second-order valence-electron chi connectivity index (χ2n) is 7.03. The molecule has 2 fully saturated rings. The molecule has 2 aliphatic rings. The second-order valence-corrected chi connectivity index (χ2v) is 7.03. The van der Waals surface area contributed by atoms with E-state index in [1.807, 2.05) is 24.3 Å². The molecule has 0 amide bonds. The third-order valence-electron chi connectivity index (χ3n) is 5.00. The standard InChI is InChI=1S/C21H31NO5/c23-17-18-7-9-19(10-8-18)22(11-15-26-20-5-1-3-13-24-20)12-16-27-21-6-2-4-14-25-21/h7-10,17,20-21H,1-6,11-16H2. The van der Waals surface area contributed by atoms with Crippen molar-refractivity contribution in [3.63, 3.8) is 0 Å². The first kappa shape index (κ1) is 20.3. The van der Waals surface area contributed by atoms with E-state index < -0.39 is 0 Å². The molecule has 0 aromatic heterocycles. The highest BCUT2D eigenvalue weighted by Crippen LogP contribution is 2.18. The molecule has 0 N–H and O–H groups in total. The van der Waals surface area contributed by atoms with Crippen LogP contribution in [0.2, 0.25) is 0 Å². The Morgan fingerprint density at radius 3 is 1.89 bits per heavy atom. The SMILES string of the molecule is O=Cc1ccc(N(CCOC2CCCCO2)CCOC2CCCCO2)cc1. The molecule has 2 atom stereocenters. The molecular formula is C21H31NO5. The lowest BCUT2D eigenvalue weighted by Crippen LogP contribution is -2.34. The summed E-state index contributed by atoms with van der Waals surface area (Å²) in [6.07, 6.45) is 7.21. The van der Waals surface area contributed by atoms with Gasteiger partial charge < -0.3 is 23.8 Å². The maximum atomic E-state index is 10.9. The third-order valence-corrected chi connectivity index (χ3v) is 5.00. The fourth-order valence-electron chi connectivity index (χ4n) is 3.41. The van der Waals surface area contributed by atoms with Crippen LogP contribution in [0, 0.1) is 0 Å². The summed E-state index contributed by atoms with van der Waals surface area (Å²) in [6.45, 7) is 4.26. The molecule has 2 unspecified atom stereocenters. The fourth-order valence-corrected chi connectivity index (χ4v) is 3.41. The van der Waals surface area contributed by atoms with Crippen molar-refractivity contribution in [2.75, 3.05) is 44.4 Å². The Morgan fingerprint density at radius 2 is 1.44 bits per heavy atom. The van der Waals surface area contributed by atoms with E-state index in [4.69, 9.17) is 18.9 Å². The molecule has 0 radical (unpaired) electrons. The number of hydrogen-bond donors (Lipinski definition) is 0. The van der Waals surface area contributed by atoms with Crippen LogP contribution in [0.5, 0.6) is 0 Å². The van der Waals surface area contributed by atoms with Gasteiger partial charge in [-0.05, 0) is 62.8 Å². The van der Waals surface area contributed by atoms with Gasteiger partial charge in [0.25, 0.3) is 0 Å². The van der Waals surface area contributed by atoms with Gasteiger partial charge in [0.15, 0.2) is 12.6 Å². The molecule has 0 bridgehead atoms. The number of anilines is 1. The van der Waals surface area contributed by atoms with Gasteiger partial charge in [-0.2, -0.15) is 0 Å². The first-order valence-electron chi connectivity index (χ1n) is 10.1. The van der Waals surface area contributed by atoms with Crippen LogP contribution in [0.15, 0.2) is 24.3 Å². The monoisotopic (exact) mass is 377 g/mol. The first-order valence-corrected chi connectivity index (χ1v) is 10.1. The van der Waals surface area contributed by atoms with Gasteiger partial charge >= 0.3 is 0 Å². The largest absolute Gasteiger partial charge is 0.367 e. The van der Waals surface area contributed by atoms with Gasteiger partial charge in [-0.3, -0.25) is 4.79 Å². The fraction of sp³-hybridized carbons (Fsp3) is 0.667. The van der Waals surface area contributed by atoms with Crippen molar-refractivity contribution in [3.05, 3.63) is 29.8 Å². The first-order chi connectivity index (χ1) is 13.3. The van der Waals surface area contributed by atoms with Crippen LogP contribution in [-0.2, 0) is 18.9 Å². The topological polar surface area (TPSA) is 57.2 Å². The number of aldehydes is 1. The summed E-state index contributed by atoms with van der Waals surface area (Å²) >= 11 is 0. The number of nitrogens with zero attached hydrogens (tertiary/aromatic N) is 1. The summed E-state index contributed by atoms with van der Waals surface area (Å²) in [6, 6.07) is 7.62. The highest BCUT2D eigenvalue weighted by molar-refractivity contribution is 5.75. The molecule has 27 heavy (non-hydrogen) atoms. The van der Waals surface area contributed by atoms with Crippen LogP contribution in [0.25, 0.3) is 0 Å². The van der Waals surface area contributed by atoms with Crippen molar-refractivity contribution >= 4 is 12.0 Å². The van der Waals surface area contributed by atoms with Crippen LogP contribution in [0.1, 0.15) is 48.9 Å². The van der Waals surface area contributed by atoms with E-state index in [0.29, 0.717) is 18.8 Å². The van der Waals surface area contributed by atoms with Crippen molar-refractivity contribution in [1.82, 2.24) is 0 Å². The quantitative estimate of drug-likeness (QED) is 0.583. The molecule has 1 aromatic carbocycles. The van der Waals surface area contributed by atoms with Gasteiger partial charge in [0, 0.05) is 37.6 Å². The maximum absolute atomic E-state index is 10.9. The van der Waals surface area contributed by atoms with Crippen molar-refractivity contribution in [3.8, 4) is 0 Å². The van der Waals surface area contributed by atoms with Crippen LogP contribution >= 0.6 is 0 Å². The summed E-state index contributed by atoms with van der Waals surface area (Å²) in [5.74, 6) is 0. The lowest BCUT2D eigenvalue weighted by atomic mass is 10.2. The van der Waals surface area contributed by atoms with Crippen molar-refractivity contribution in [2.45, 2.75) is 51.1 Å². The lowest BCUT2D eigenvalue weighted by Gasteiger charge is -2.29. The summed E-state index contributed by atoms with van der Waals surface area (Å²) < 4.78 is 23.1. The van der Waals surface area contributed by atoms with Crippen molar-refractivity contribution in [1.29, 1.82) is 0 Å². The number of rotatable bonds is 10. The number of benzene rings is 1. The molecule has 3 rings (SSSR count). The summed E-state index contributed by atoms with van der Waals surface area (Å²) in [4.78, 5) is 13.1. The van der Waals surface area contributed by atoms with Crippen LogP contribution in [0.3, 0.4) is 0 Å². The summed E-state index contributed by atoms with van der Waals surface area (Å²) in [5, 5.41) is 0. The van der Waals surface area contributed by atoms with E-state index >= 15 is 0 Å². The molecule has 0 spiro atoms. The van der Waals surface area contributed by atoms with Gasteiger partial charge in [0.05, 0.1) is 13.2 Å². The highest BCUT2D eigenvalue weighted by atomic mass is 16.7. The molecule has 6 heteroatoms. The minimum Gasteiger partial charge on any atom is -0.367 e. The lowest BCUT2D eigenvalue weighted by molar-refractivity contribution is -0.162. The number of carbonyl (C=O) groups excluding carboxylic acids is 1. The Labute approximate surface area is 161 Å². The van der Waals surface area contributed by atoms with Crippen molar-refractivity contribution in [2.24, 2.45) is 0 Å². The van der Waals surface area contributed by atoms with E-state index in [-0.39, 0.29) is 12.6 Å². The van der Waals surface area contributed by atoms with E-state index in [1.165, 1.54) is 0 Å². The minimum atomic E-state index is -0.0788. The normalized spacial score (nSPS) is 23.1. The Balaban J connectivity index is 1.49. The number of hydrogen-bond acceptors (Lipinski definition) is 6. The molecule has 1 aromatic rings. The van der Waals surface area contributed by atoms with Gasteiger partial charge in [-0.25, -0.2) is 0 Å². The molecule has 6 nitrogen and oxygen atoms in total. The average molecular weight is 377 g/mol. The smallest absolute Gasteiger partial charge is 0.157 e. The molecular weight excluding hydrogens is 346 g/mol. The molecule has 0 saturated carbocycles. The van der Waals surface area contributed by atoms with E-state index in [1.54, 1.807) is 0 Å². The Kier molecular flexibility index (Phi) is 8.55. The summed E-state index contributed by atoms with van der Waals surface area (Å²) in [5.41, 5.74) is 1.74. The van der Waals surface area contributed by atoms with Crippen LogP contribution < -0.4 is 4.90 Å². The number of carbonyl (C=O) groups is 1. The highest BCUT2D eigenvalue weighted by Gasteiger charge is 2.17. The van der Waals surface area contributed by atoms with Gasteiger partial charge in [0.2, 0.25) is 0 Å². The Morgan fingerprint density at radius 1 is 0.889 bits per heavy atom. The van der Waals surface area contributed by atoms with E-state index in [2.05, 4.69) is 4.90 Å². The number of ether oxygens (including phenoxy) is 4. The van der Waals surface area contributed by atoms with Gasteiger partial charge in [0.1, 0.15) is 6.29 Å². The zero-order chi connectivity index (χ0) is 18.7. The van der Waals surface area contributed by atoms with Crippen LogP contribution in [0.4, 0.5) is 5.69 Å². The second kappa shape index (κ2) is 11.4. The summed E-state index contributed by atoms with van der Waals surface area (Å²) in [7, 11) is 0. The predicted octanol–water partition coefficient (Wildman–Crippen LogP) is 3.39. The van der Waals surface area contributed by atoms with Crippen LogP contribution in [-0.4, -0.2) is 58.4 Å². The molecule has 0 aliphatic carbocycles.